The van der Waals surface area contributed by atoms with Gasteiger partial charge < -0.3 is 5.32 Å². The third kappa shape index (κ3) is 4.73. The van der Waals surface area contributed by atoms with Crippen molar-refractivity contribution in [3.05, 3.63) is 113 Å². The summed E-state index contributed by atoms with van der Waals surface area (Å²) in [5, 5.41) is 7.91. The molecule has 0 fully saturated rings. The highest BCUT2D eigenvalue weighted by atomic mass is 35.5. The van der Waals surface area contributed by atoms with Crippen molar-refractivity contribution in [2.24, 2.45) is 0 Å². The molecule has 0 aliphatic carbocycles. The predicted octanol–water partition coefficient (Wildman–Crippen LogP) is 5.18. The molecule has 1 N–H and O–H groups in total. The number of hydrogen-bond acceptors (Lipinski definition) is 2. The van der Waals surface area contributed by atoms with E-state index in [-0.39, 0.29) is 5.91 Å². The minimum Gasteiger partial charge on any atom is -0.348 e. The van der Waals surface area contributed by atoms with E-state index < -0.39 is 0 Å². The Labute approximate surface area is 174 Å². The smallest absolute Gasteiger partial charge is 0.252 e. The molecule has 3 aromatic carbocycles. The van der Waals surface area contributed by atoms with E-state index in [1.807, 2.05) is 77.6 Å². The quantitative estimate of drug-likeness (QED) is 0.483. The molecule has 4 aromatic rings. The Morgan fingerprint density at radius 3 is 2.34 bits per heavy atom. The van der Waals surface area contributed by atoms with E-state index in [0.29, 0.717) is 17.1 Å². The summed E-state index contributed by atoms with van der Waals surface area (Å²) in [5.74, 6) is -0.101. The number of nitrogens with one attached hydrogen (secondary N) is 1. The van der Waals surface area contributed by atoms with E-state index >= 15 is 0 Å². The highest BCUT2D eigenvalue weighted by Crippen LogP contribution is 2.24. The van der Waals surface area contributed by atoms with Crippen LogP contribution in [0.2, 0.25) is 5.02 Å². The van der Waals surface area contributed by atoms with Crippen LogP contribution in [0.4, 0.5) is 0 Å². The van der Waals surface area contributed by atoms with Gasteiger partial charge in [-0.1, -0.05) is 66.2 Å². The number of rotatable bonds is 6. The molecule has 0 radical (unpaired) electrons. The number of amides is 1. The first-order chi connectivity index (χ1) is 14.2. The molecule has 29 heavy (non-hydrogen) atoms. The second-order valence-electron chi connectivity index (χ2n) is 6.76. The number of carbonyl (C=O) groups excluding carboxylic acids is 1. The molecule has 4 rings (SSSR count). The SMILES string of the molecule is O=C(NCc1ccc(Cl)cc1)c1ccccc1-c1ccc(Cn2cccn2)cc1. The lowest BCUT2D eigenvalue weighted by Crippen LogP contribution is -2.23. The fourth-order valence-electron chi connectivity index (χ4n) is 3.18. The molecule has 1 aromatic heterocycles. The fourth-order valence-corrected chi connectivity index (χ4v) is 3.31. The summed E-state index contributed by atoms with van der Waals surface area (Å²) >= 11 is 5.92. The normalized spacial score (nSPS) is 10.7. The van der Waals surface area contributed by atoms with E-state index in [2.05, 4.69) is 22.5 Å². The summed E-state index contributed by atoms with van der Waals surface area (Å²) in [6.07, 6.45) is 3.71. The molecule has 1 amide bonds. The molecular formula is C24H20ClN3O. The molecule has 0 spiro atoms. The van der Waals surface area contributed by atoms with Crippen LogP contribution in [-0.2, 0) is 13.1 Å². The van der Waals surface area contributed by atoms with Crippen LogP contribution in [0, 0.1) is 0 Å². The molecule has 4 nitrogen and oxygen atoms in total. The van der Waals surface area contributed by atoms with Crippen LogP contribution >= 0.6 is 11.6 Å². The molecule has 5 heteroatoms. The van der Waals surface area contributed by atoms with Crippen molar-refractivity contribution in [3.63, 3.8) is 0 Å². The van der Waals surface area contributed by atoms with Gasteiger partial charge in [-0.2, -0.15) is 5.10 Å². The summed E-state index contributed by atoms with van der Waals surface area (Å²) in [6.45, 7) is 1.17. The maximum absolute atomic E-state index is 12.8. The standard InChI is InChI=1S/C24H20ClN3O/c25-21-12-8-18(9-13-21)16-26-24(29)23-5-2-1-4-22(23)20-10-6-19(7-11-20)17-28-15-3-14-27-28/h1-15H,16-17H2,(H,26,29). The summed E-state index contributed by atoms with van der Waals surface area (Å²) in [6, 6.07) is 25.3. The highest BCUT2D eigenvalue weighted by Gasteiger charge is 2.12. The Bertz CT molecular complexity index is 1090. The highest BCUT2D eigenvalue weighted by molar-refractivity contribution is 6.30. The summed E-state index contributed by atoms with van der Waals surface area (Å²) in [4.78, 5) is 12.8. The van der Waals surface area contributed by atoms with E-state index in [0.717, 1.165) is 28.8 Å². The van der Waals surface area contributed by atoms with Crippen LogP contribution in [0.1, 0.15) is 21.5 Å². The summed E-state index contributed by atoms with van der Waals surface area (Å²) in [5.41, 5.74) is 4.73. The van der Waals surface area contributed by atoms with Crippen molar-refractivity contribution in [2.75, 3.05) is 0 Å². The molecule has 0 aliphatic rings. The zero-order chi connectivity index (χ0) is 20.1. The summed E-state index contributed by atoms with van der Waals surface area (Å²) < 4.78 is 1.88. The largest absolute Gasteiger partial charge is 0.348 e. The van der Waals surface area contributed by atoms with Crippen molar-refractivity contribution < 1.29 is 4.79 Å². The first-order valence-electron chi connectivity index (χ1n) is 9.37. The minimum atomic E-state index is -0.101. The van der Waals surface area contributed by atoms with E-state index in [9.17, 15) is 4.79 Å². The predicted molar refractivity (Wildman–Crippen MR) is 116 cm³/mol. The second-order valence-corrected chi connectivity index (χ2v) is 7.19. The number of halogens is 1. The van der Waals surface area contributed by atoms with Crippen LogP contribution in [-0.4, -0.2) is 15.7 Å². The lowest BCUT2D eigenvalue weighted by molar-refractivity contribution is 0.0951. The number of benzene rings is 3. The Hall–Kier alpha value is -3.37. The van der Waals surface area contributed by atoms with Gasteiger partial charge in [0.15, 0.2) is 0 Å². The van der Waals surface area contributed by atoms with Crippen molar-refractivity contribution in [1.82, 2.24) is 15.1 Å². The van der Waals surface area contributed by atoms with Gasteiger partial charge in [0.2, 0.25) is 0 Å². The molecule has 0 saturated heterocycles. The van der Waals surface area contributed by atoms with Gasteiger partial charge in [-0.15, -0.1) is 0 Å². The number of hydrogen-bond donors (Lipinski definition) is 1. The van der Waals surface area contributed by atoms with Crippen LogP contribution in [0.15, 0.2) is 91.3 Å². The van der Waals surface area contributed by atoms with E-state index in [1.54, 1.807) is 6.20 Å². The van der Waals surface area contributed by atoms with Gasteiger partial charge in [0.05, 0.1) is 6.54 Å². The molecule has 144 valence electrons. The van der Waals surface area contributed by atoms with Crippen molar-refractivity contribution in [1.29, 1.82) is 0 Å². The number of carbonyl (C=O) groups is 1. The first-order valence-corrected chi connectivity index (χ1v) is 9.75. The van der Waals surface area contributed by atoms with Crippen LogP contribution in [0.3, 0.4) is 0 Å². The van der Waals surface area contributed by atoms with Gasteiger partial charge in [-0.25, -0.2) is 0 Å². The maximum atomic E-state index is 12.8. The zero-order valence-electron chi connectivity index (χ0n) is 15.8. The molecule has 1 heterocycles. The van der Waals surface area contributed by atoms with Crippen LogP contribution < -0.4 is 5.32 Å². The average Bonchev–Trinajstić information content (AvgIpc) is 3.27. The second kappa shape index (κ2) is 8.76. The van der Waals surface area contributed by atoms with Crippen molar-refractivity contribution >= 4 is 17.5 Å². The molecule has 0 aliphatic heterocycles. The minimum absolute atomic E-state index is 0.101. The zero-order valence-corrected chi connectivity index (χ0v) is 16.5. The van der Waals surface area contributed by atoms with Gasteiger partial charge in [0.1, 0.15) is 0 Å². The molecular weight excluding hydrogens is 382 g/mol. The number of aromatic nitrogens is 2. The Balaban J connectivity index is 1.50. The molecule has 0 atom stereocenters. The Kier molecular flexibility index (Phi) is 5.73. The lowest BCUT2D eigenvalue weighted by Gasteiger charge is -2.11. The lowest BCUT2D eigenvalue weighted by atomic mass is 9.98. The topological polar surface area (TPSA) is 46.9 Å². The van der Waals surface area contributed by atoms with Gasteiger partial charge in [0, 0.05) is 29.5 Å². The molecule has 0 saturated carbocycles. The van der Waals surface area contributed by atoms with Gasteiger partial charge >= 0.3 is 0 Å². The van der Waals surface area contributed by atoms with Gasteiger partial charge in [-0.3, -0.25) is 9.48 Å². The Morgan fingerprint density at radius 2 is 1.62 bits per heavy atom. The first kappa shape index (κ1) is 19.0. The third-order valence-electron chi connectivity index (χ3n) is 4.71. The Morgan fingerprint density at radius 1 is 0.897 bits per heavy atom. The van der Waals surface area contributed by atoms with Gasteiger partial charge in [0.25, 0.3) is 5.91 Å². The van der Waals surface area contributed by atoms with Crippen molar-refractivity contribution in [2.45, 2.75) is 13.1 Å². The van der Waals surface area contributed by atoms with Crippen LogP contribution in [0.5, 0.6) is 0 Å². The third-order valence-corrected chi connectivity index (χ3v) is 4.96. The van der Waals surface area contributed by atoms with Gasteiger partial charge in [-0.05, 0) is 46.5 Å². The maximum Gasteiger partial charge on any atom is 0.252 e. The molecule has 0 bridgehead atoms. The molecule has 0 unspecified atom stereocenters. The van der Waals surface area contributed by atoms with Crippen LogP contribution in [0.25, 0.3) is 11.1 Å². The van der Waals surface area contributed by atoms with E-state index in [4.69, 9.17) is 11.6 Å². The number of nitrogens with zero attached hydrogens (tertiary/aromatic N) is 2. The average molecular weight is 402 g/mol. The summed E-state index contributed by atoms with van der Waals surface area (Å²) in [7, 11) is 0. The fraction of sp³-hybridized carbons (Fsp3) is 0.0833. The van der Waals surface area contributed by atoms with Crippen molar-refractivity contribution in [3.8, 4) is 11.1 Å². The van der Waals surface area contributed by atoms with E-state index in [1.165, 1.54) is 0 Å². The monoisotopic (exact) mass is 401 g/mol.